The van der Waals surface area contributed by atoms with Crippen molar-refractivity contribution in [2.75, 3.05) is 20.2 Å². The number of aliphatic carboxylic acids is 1. The van der Waals surface area contributed by atoms with E-state index in [0.29, 0.717) is 35.7 Å². The van der Waals surface area contributed by atoms with E-state index in [1.54, 1.807) is 12.1 Å². The monoisotopic (exact) mass is 368 g/mol. The summed E-state index contributed by atoms with van der Waals surface area (Å²) in [6.45, 7) is 0.742. The Labute approximate surface area is 150 Å². The molecule has 0 spiro atoms. The molecule has 136 valence electrons. The molecule has 1 aliphatic heterocycles. The van der Waals surface area contributed by atoms with Crippen LogP contribution in [-0.2, 0) is 9.59 Å². The minimum atomic E-state index is -0.903. The molecule has 1 unspecified atom stereocenters. The van der Waals surface area contributed by atoms with Crippen LogP contribution in [0.5, 0.6) is 5.75 Å². The van der Waals surface area contributed by atoms with Crippen LogP contribution >= 0.6 is 11.6 Å². The highest BCUT2D eigenvalue weighted by atomic mass is 35.5. The van der Waals surface area contributed by atoms with Gasteiger partial charge in [0.1, 0.15) is 11.8 Å². The zero-order valence-corrected chi connectivity index (χ0v) is 14.7. The highest BCUT2D eigenvalue weighted by Gasteiger charge is 2.35. The van der Waals surface area contributed by atoms with E-state index in [1.807, 2.05) is 0 Å². The van der Waals surface area contributed by atoms with Gasteiger partial charge in [-0.05, 0) is 37.5 Å². The minimum Gasteiger partial charge on any atom is -0.496 e. The minimum absolute atomic E-state index is 0.00664. The van der Waals surface area contributed by atoms with Crippen molar-refractivity contribution >= 4 is 29.4 Å². The Bertz CT molecular complexity index is 664. The van der Waals surface area contributed by atoms with Crippen LogP contribution in [0.25, 0.3) is 0 Å². The van der Waals surface area contributed by atoms with E-state index in [-0.39, 0.29) is 24.8 Å². The van der Waals surface area contributed by atoms with Crippen LogP contribution in [-0.4, -0.2) is 54.0 Å². The van der Waals surface area contributed by atoms with Gasteiger partial charge in [0, 0.05) is 24.5 Å². The fourth-order valence-electron chi connectivity index (χ4n) is 2.85. The Morgan fingerprint density at radius 3 is 2.84 bits per heavy atom. The van der Waals surface area contributed by atoms with Crippen LogP contribution in [0.4, 0.5) is 0 Å². The molecule has 0 radical (unpaired) electrons. The van der Waals surface area contributed by atoms with E-state index in [1.165, 1.54) is 18.1 Å². The first-order chi connectivity index (χ1) is 11.9. The zero-order chi connectivity index (χ0) is 18.4. The van der Waals surface area contributed by atoms with Crippen LogP contribution in [0.2, 0.25) is 5.02 Å². The third-order valence-corrected chi connectivity index (χ3v) is 4.31. The average Bonchev–Trinajstić information content (AvgIpc) is 3.07. The van der Waals surface area contributed by atoms with E-state index in [9.17, 15) is 14.4 Å². The van der Waals surface area contributed by atoms with Gasteiger partial charge in [0.25, 0.3) is 5.91 Å². The molecule has 0 aromatic heterocycles. The number of carboxylic acids is 1. The SMILES string of the molecule is COc1ccc(Cl)cc1C(=O)N1CCCC1C(=O)NCCCC(=O)O. The molecule has 8 heteroatoms. The zero-order valence-electron chi connectivity index (χ0n) is 14.0. The predicted molar refractivity (Wildman–Crippen MR) is 91.9 cm³/mol. The maximum Gasteiger partial charge on any atom is 0.303 e. The summed E-state index contributed by atoms with van der Waals surface area (Å²) in [5, 5.41) is 11.7. The molecule has 1 fully saturated rings. The lowest BCUT2D eigenvalue weighted by atomic mass is 10.1. The molecule has 1 saturated heterocycles. The Kier molecular flexibility index (Phi) is 6.64. The first-order valence-electron chi connectivity index (χ1n) is 8.08. The molecule has 0 bridgehead atoms. The fraction of sp³-hybridized carbons (Fsp3) is 0.471. The highest BCUT2D eigenvalue weighted by molar-refractivity contribution is 6.31. The van der Waals surface area contributed by atoms with Crippen LogP contribution in [0, 0.1) is 0 Å². The molecule has 0 aliphatic carbocycles. The van der Waals surface area contributed by atoms with Crippen LogP contribution in [0.3, 0.4) is 0 Å². The molecule has 1 atom stereocenters. The van der Waals surface area contributed by atoms with E-state index in [0.717, 1.165) is 6.42 Å². The second kappa shape index (κ2) is 8.71. The van der Waals surface area contributed by atoms with E-state index in [4.69, 9.17) is 21.4 Å². The van der Waals surface area contributed by atoms with Gasteiger partial charge in [0.15, 0.2) is 0 Å². The summed E-state index contributed by atoms with van der Waals surface area (Å²) in [6.07, 6.45) is 1.64. The summed E-state index contributed by atoms with van der Waals surface area (Å²) in [6, 6.07) is 4.21. The van der Waals surface area contributed by atoms with E-state index in [2.05, 4.69) is 5.32 Å². The van der Waals surface area contributed by atoms with Crippen molar-refractivity contribution in [2.24, 2.45) is 0 Å². The lowest BCUT2D eigenvalue weighted by Gasteiger charge is -2.24. The number of nitrogens with zero attached hydrogens (tertiary/aromatic N) is 1. The third kappa shape index (κ3) is 4.85. The molecule has 2 amide bonds. The van der Waals surface area contributed by atoms with Crippen molar-refractivity contribution in [3.63, 3.8) is 0 Å². The summed E-state index contributed by atoms with van der Waals surface area (Å²) in [4.78, 5) is 37.2. The van der Waals surface area contributed by atoms with Crippen molar-refractivity contribution in [1.29, 1.82) is 0 Å². The lowest BCUT2D eigenvalue weighted by Crippen LogP contribution is -2.46. The molecular weight excluding hydrogens is 348 g/mol. The number of amides is 2. The number of halogens is 1. The van der Waals surface area contributed by atoms with Gasteiger partial charge in [-0.15, -0.1) is 0 Å². The first kappa shape index (κ1) is 19.1. The number of carbonyl (C=O) groups excluding carboxylic acids is 2. The Morgan fingerprint density at radius 1 is 1.40 bits per heavy atom. The van der Waals surface area contributed by atoms with Crippen LogP contribution in [0.15, 0.2) is 18.2 Å². The number of benzene rings is 1. The average molecular weight is 369 g/mol. The Morgan fingerprint density at radius 2 is 2.16 bits per heavy atom. The number of likely N-dealkylation sites (tertiary alicyclic amines) is 1. The van der Waals surface area contributed by atoms with Crippen molar-refractivity contribution < 1.29 is 24.2 Å². The smallest absolute Gasteiger partial charge is 0.303 e. The fourth-order valence-corrected chi connectivity index (χ4v) is 3.03. The Hall–Kier alpha value is -2.28. The highest BCUT2D eigenvalue weighted by Crippen LogP contribution is 2.27. The van der Waals surface area contributed by atoms with E-state index < -0.39 is 12.0 Å². The second-order valence-electron chi connectivity index (χ2n) is 5.79. The topological polar surface area (TPSA) is 95.9 Å². The molecule has 1 heterocycles. The van der Waals surface area contributed by atoms with Gasteiger partial charge in [0.2, 0.25) is 5.91 Å². The van der Waals surface area contributed by atoms with Crippen LogP contribution in [0.1, 0.15) is 36.0 Å². The quantitative estimate of drug-likeness (QED) is 0.717. The number of nitrogens with one attached hydrogen (secondary N) is 1. The van der Waals surface area contributed by atoms with Crippen LogP contribution < -0.4 is 10.1 Å². The molecule has 7 nitrogen and oxygen atoms in total. The number of ether oxygens (including phenoxy) is 1. The molecule has 1 aliphatic rings. The van der Waals surface area contributed by atoms with Gasteiger partial charge < -0.3 is 20.1 Å². The van der Waals surface area contributed by atoms with E-state index >= 15 is 0 Å². The number of methoxy groups -OCH3 is 1. The van der Waals surface area contributed by atoms with Gasteiger partial charge in [-0.2, -0.15) is 0 Å². The molecule has 1 aromatic carbocycles. The molecule has 25 heavy (non-hydrogen) atoms. The number of rotatable bonds is 7. The summed E-state index contributed by atoms with van der Waals surface area (Å²) < 4.78 is 5.22. The van der Waals surface area contributed by atoms with Gasteiger partial charge in [0.05, 0.1) is 12.7 Å². The number of hydrogen-bond acceptors (Lipinski definition) is 4. The van der Waals surface area contributed by atoms with Crippen molar-refractivity contribution in [3.05, 3.63) is 28.8 Å². The summed E-state index contributed by atoms with van der Waals surface area (Å²) >= 11 is 5.98. The second-order valence-corrected chi connectivity index (χ2v) is 6.23. The standard InChI is InChI=1S/C17H21ClN2O5/c1-25-14-7-6-11(18)10-12(14)17(24)20-9-3-4-13(20)16(23)19-8-2-5-15(21)22/h6-7,10,13H,2-5,8-9H2,1H3,(H,19,23)(H,21,22). The summed E-state index contributed by atoms with van der Waals surface area (Å²) in [5.74, 6) is -1.07. The number of carboxylic acid groups (broad SMARTS) is 1. The summed E-state index contributed by atoms with van der Waals surface area (Å²) in [5.41, 5.74) is 0.320. The third-order valence-electron chi connectivity index (χ3n) is 4.07. The molecule has 2 N–H and O–H groups in total. The Balaban J connectivity index is 2.05. The van der Waals surface area contributed by atoms with Crippen molar-refractivity contribution in [3.8, 4) is 5.75 Å². The van der Waals surface area contributed by atoms with Gasteiger partial charge >= 0.3 is 5.97 Å². The lowest BCUT2D eigenvalue weighted by molar-refractivity contribution is -0.137. The number of carbonyl (C=O) groups is 3. The molecule has 2 rings (SSSR count). The van der Waals surface area contributed by atoms with Crippen molar-refractivity contribution in [2.45, 2.75) is 31.7 Å². The first-order valence-corrected chi connectivity index (χ1v) is 8.46. The largest absolute Gasteiger partial charge is 0.496 e. The van der Waals surface area contributed by atoms with Gasteiger partial charge in [-0.1, -0.05) is 11.6 Å². The normalized spacial score (nSPS) is 16.6. The van der Waals surface area contributed by atoms with Crippen molar-refractivity contribution in [1.82, 2.24) is 10.2 Å². The summed E-state index contributed by atoms with van der Waals surface area (Å²) in [7, 11) is 1.47. The predicted octanol–water partition coefficient (Wildman–Crippen LogP) is 1.93. The molecule has 1 aromatic rings. The number of hydrogen-bond donors (Lipinski definition) is 2. The van der Waals surface area contributed by atoms with Gasteiger partial charge in [-0.25, -0.2) is 0 Å². The van der Waals surface area contributed by atoms with Gasteiger partial charge in [-0.3, -0.25) is 14.4 Å². The molecular formula is C17H21ClN2O5. The maximum absolute atomic E-state index is 12.8. The maximum atomic E-state index is 12.8. The molecule has 0 saturated carbocycles.